The molecule has 0 amide bonds. The van der Waals surface area contributed by atoms with Crippen molar-refractivity contribution in [2.75, 3.05) is 6.61 Å². The molecule has 0 spiro atoms. The van der Waals surface area contributed by atoms with Crippen LogP contribution in [0, 0.1) is 6.92 Å². The lowest BCUT2D eigenvalue weighted by atomic mass is 10.2. The zero-order valence-corrected chi connectivity index (χ0v) is 7.97. The highest BCUT2D eigenvalue weighted by Crippen LogP contribution is 2.24. The number of hydrogen-bond donors (Lipinski definition) is 1. The summed E-state index contributed by atoms with van der Waals surface area (Å²) in [6, 6.07) is 1.69. The van der Waals surface area contributed by atoms with Gasteiger partial charge in [-0.05, 0) is 19.1 Å². The summed E-state index contributed by atoms with van der Waals surface area (Å²) in [5.41, 5.74) is 0.589. The maximum Gasteiger partial charge on any atom is 0.153 e. The Morgan fingerprint density at radius 2 is 2.43 bits per heavy atom. The largest absolute Gasteiger partial charge is 0.495 e. The molecule has 74 valence electrons. The Morgan fingerprint density at radius 3 is 3.07 bits per heavy atom. The zero-order valence-electron chi connectivity index (χ0n) is 7.97. The van der Waals surface area contributed by atoms with E-state index in [9.17, 15) is 5.11 Å². The van der Waals surface area contributed by atoms with Crippen LogP contribution >= 0.6 is 0 Å². The molecule has 2 heterocycles. The lowest BCUT2D eigenvalue weighted by Crippen LogP contribution is -2.05. The van der Waals surface area contributed by atoms with Crippen LogP contribution in [0.25, 0.3) is 0 Å². The van der Waals surface area contributed by atoms with E-state index in [-0.39, 0.29) is 0 Å². The van der Waals surface area contributed by atoms with E-state index in [0.717, 1.165) is 6.42 Å². The molecule has 4 nitrogen and oxygen atoms in total. The molecule has 1 N–H and O–H groups in total. The van der Waals surface area contributed by atoms with Gasteiger partial charge >= 0.3 is 0 Å². The third kappa shape index (κ3) is 1.75. The number of nitrogens with zero attached hydrogens (tertiary/aromatic N) is 2. The van der Waals surface area contributed by atoms with Gasteiger partial charge in [0.1, 0.15) is 11.6 Å². The fourth-order valence-corrected chi connectivity index (χ4v) is 1.40. The van der Waals surface area contributed by atoms with Crippen LogP contribution < -0.4 is 0 Å². The Morgan fingerprint density at radius 1 is 1.57 bits per heavy atom. The monoisotopic (exact) mass is 192 g/mol. The molecule has 0 bridgehead atoms. The second kappa shape index (κ2) is 3.75. The van der Waals surface area contributed by atoms with E-state index in [1.807, 2.05) is 6.08 Å². The van der Waals surface area contributed by atoms with Crippen LogP contribution in [0.1, 0.15) is 24.0 Å². The number of hydrogen-bond acceptors (Lipinski definition) is 4. The molecule has 0 saturated carbocycles. The van der Waals surface area contributed by atoms with Crippen LogP contribution in [-0.4, -0.2) is 21.7 Å². The average molecular weight is 192 g/mol. The van der Waals surface area contributed by atoms with Crippen molar-refractivity contribution in [1.82, 2.24) is 9.97 Å². The molecule has 0 aromatic carbocycles. The van der Waals surface area contributed by atoms with Gasteiger partial charge in [-0.25, -0.2) is 9.97 Å². The molecule has 1 unspecified atom stereocenters. The molecule has 1 aliphatic rings. The van der Waals surface area contributed by atoms with Gasteiger partial charge in [-0.1, -0.05) is 0 Å². The smallest absolute Gasteiger partial charge is 0.153 e. The first-order valence-electron chi connectivity index (χ1n) is 4.58. The van der Waals surface area contributed by atoms with Crippen molar-refractivity contribution in [3.63, 3.8) is 0 Å². The second-order valence-corrected chi connectivity index (χ2v) is 3.17. The van der Waals surface area contributed by atoms with Gasteiger partial charge in [0.05, 0.1) is 12.3 Å². The highest BCUT2D eigenvalue weighted by atomic mass is 16.5. The molecule has 0 aliphatic carbocycles. The van der Waals surface area contributed by atoms with Crippen molar-refractivity contribution in [3.05, 3.63) is 35.6 Å². The Kier molecular flexibility index (Phi) is 2.45. The van der Waals surface area contributed by atoms with Crippen LogP contribution in [0.15, 0.2) is 24.1 Å². The van der Waals surface area contributed by atoms with E-state index in [0.29, 0.717) is 23.9 Å². The van der Waals surface area contributed by atoms with E-state index in [1.54, 1.807) is 19.2 Å². The van der Waals surface area contributed by atoms with Gasteiger partial charge in [0.15, 0.2) is 6.10 Å². The van der Waals surface area contributed by atoms with Crippen LogP contribution in [-0.2, 0) is 4.74 Å². The van der Waals surface area contributed by atoms with Gasteiger partial charge in [0.25, 0.3) is 0 Å². The lowest BCUT2D eigenvalue weighted by molar-refractivity contribution is 0.116. The van der Waals surface area contributed by atoms with E-state index in [4.69, 9.17) is 4.74 Å². The van der Waals surface area contributed by atoms with E-state index in [2.05, 4.69) is 9.97 Å². The minimum absolute atomic E-state index is 0.589. The van der Waals surface area contributed by atoms with Crippen molar-refractivity contribution in [2.45, 2.75) is 19.4 Å². The van der Waals surface area contributed by atoms with Gasteiger partial charge in [0.2, 0.25) is 0 Å². The Hall–Kier alpha value is -1.42. The number of aliphatic hydroxyl groups is 1. The molecule has 14 heavy (non-hydrogen) atoms. The lowest BCUT2D eigenvalue weighted by Gasteiger charge is -2.11. The number of ether oxygens (including phenoxy) is 1. The van der Waals surface area contributed by atoms with E-state index < -0.39 is 6.10 Å². The predicted octanol–water partition coefficient (Wildman–Crippen LogP) is 1.12. The first-order chi connectivity index (χ1) is 6.77. The first-order valence-corrected chi connectivity index (χ1v) is 4.58. The van der Waals surface area contributed by atoms with Crippen molar-refractivity contribution in [1.29, 1.82) is 0 Å². The van der Waals surface area contributed by atoms with Crippen LogP contribution in [0.5, 0.6) is 0 Å². The summed E-state index contributed by atoms with van der Waals surface area (Å²) in [5, 5.41) is 9.86. The molecule has 0 saturated heterocycles. The van der Waals surface area contributed by atoms with Crippen molar-refractivity contribution in [2.24, 2.45) is 0 Å². The normalized spacial score (nSPS) is 17.4. The number of aromatic nitrogens is 2. The van der Waals surface area contributed by atoms with Gasteiger partial charge in [-0.3, -0.25) is 0 Å². The number of rotatable bonds is 2. The molecule has 0 fully saturated rings. The van der Waals surface area contributed by atoms with Gasteiger partial charge in [-0.2, -0.15) is 0 Å². The molecular weight excluding hydrogens is 180 g/mol. The standard InChI is InChI=1S/C10H12N2O2/c1-7-11-5-4-8(12-7)10(13)9-3-2-6-14-9/h3-5,10,13H,2,6H2,1H3. The molecule has 2 rings (SSSR count). The van der Waals surface area contributed by atoms with Gasteiger partial charge in [-0.15, -0.1) is 0 Å². The van der Waals surface area contributed by atoms with Crippen LogP contribution in [0.2, 0.25) is 0 Å². The second-order valence-electron chi connectivity index (χ2n) is 3.17. The maximum atomic E-state index is 9.86. The predicted molar refractivity (Wildman–Crippen MR) is 50.4 cm³/mol. The van der Waals surface area contributed by atoms with Crippen molar-refractivity contribution in [3.8, 4) is 0 Å². The first kappa shape index (κ1) is 9.15. The molecule has 0 radical (unpaired) electrons. The Bertz CT molecular complexity index is 363. The Labute approximate surface area is 82.3 Å². The minimum Gasteiger partial charge on any atom is -0.495 e. The summed E-state index contributed by atoms with van der Waals surface area (Å²) in [7, 11) is 0. The number of aryl methyl sites for hydroxylation is 1. The van der Waals surface area contributed by atoms with Gasteiger partial charge < -0.3 is 9.84 Å². The highest BCUT2D eigenvalue weighted by molar-refractivity contribution is 5.16. The van der Waals surface area contributed by atoms with Crippen LogP contribution in [0.3, 0.4) is 0 Å². The molecule has 1 aromatic rings. The fourth-order valence-electron chi connectivity index (χ4n) is 1.40. The van der Waals surface area contributed by atoms with Gasteiger partial charge in [0, 0.05) is 12.6 Å². The van der Waals surface area contributed by atoms with Crippen LogP contribution in [0.4, 0.5) is 0 Å². The maximum absolute atomic E-state index is 9.86. The summed E-state index contributed by atoms with van der Waals surface area (Å²) >= 11 is 0. The van der Waals surface area contributed by atoms with E-state index >= 15 is 0 Å². The Balaban J connectivity index is 2.22. The topological polar surface area (TPSA) is 55.2 Å². The summed E-state index contributed by atoms with van der Waals surface area (Å²) in [4.78, 5) is 8.10. The minimum atomic E-state index is -0.751. The summed E-state index contributed by atoms with van der Waals surface area (Å²) in [6.07, 6.45) is 3.63. The quantitative estimate of drug-likeness (QED) is 0.763. The fraction of sp³-hybridized carbons (Fsp3) is 0.400. The molecular formula is C10H12N2O2. The van der Waals surface area contributed by atoms with Crippen molar-refractivity contribution >= 4 is 0 Å². The zero-order chi connectivity index (χ0) is 9.97. The summed E-state index contributed by atoms with van der Waals surface area (Å²) in [5.74, 6) is 1.25. The molecule has 4 heteroatoms. The third-order valence-electron chi connectivity index (χ3n) is 2.08. The van der Waals surface area contributed by atoms with E-state index in [1.165, 1.54) is 0 Å². The SMILES string of the molecule is Cc1nccc(C(O)C2=CCCO2)n1. The molecule has 1 aromatic heterocycles. The summed E-state index contributed by atoms with van der Waals surface area (Å²) in [6.45, 7) is 2.44. The molecule has 1 aliphatic heterocycles. The third-order valence-corrected chi connectivity index (χ3v) is 2.08. The highest BCUT2D eigenvalue weighted by Gasteiger charge is 2.19. The average Bonchev–Trinajstić information content (AvgIpc) is 2.69. The molecule has 1 atom stereocenters. The number of aliphatic hydroxyl groups excluding tert-OH is 1. The van der Waals surface area contributed by atoms with Crippen molar-refractivity contribution < 1.29 is 9.84 Å². The summed E-state index contributed by atoms with van der Waals surface area (Å²) < 4.78 is 5.26.